The van der Waals surface area contributed by atoms with Gasteiger partial charge in [-0.1, -0.05) is 6.07 Å². The van der Waals surface area contributed by atoms with E-state index < -0.39 is 0 Å². The summed E-state index contributed by atoms with van der Waals surface area (Å²) in [5.41, 5.74) is 4.18. The van der Waals surface area contributed by atoms with Crippen LogP contribution in [0.3, 0.4) is 0 Å². The first-order chi connectivity index (χ1) is 8.92. The fourth-order valence-corrected chi connectivity index (χ4v) is 2.71. The maximum absolute atomic E-state index is 5.81. The summed E-state index contributed by atoms with van der Waals surface area (Å²) in [4.78, 5) is 10.9. The molecule has 1 atom stereocenters. The van der Waals surface area contributed by atoms with Crippen LogP contribution in [0.15, 0.2) is 35.4 Å². The molecule has 1 aliphatic rings. The number of rotatable bonds is 3. The molecule has 0 bridgehead atoms. The van der Waals surface area contributed by atoms with Crippen molar-refractivity contribution in [3.63, 3.8) is 0 Å². The average molecular weight is 261 g/mol. The van der Waals surface area contributed by atoms with Crippen LogP contribution in [0.25, 0.3) is 0 Å². The third kappa shape index (κ3) is 2.75. The zero-order chi connectivity index (χ0) is 12.2. The number of hydrogen-bond acceptors (Lipinski definition) is 5. The fraction of sp³-hybridized carbons (Fsp3) is 0.385. The van der Waals surface area contributed by atoms with Crippen molar-refractivity contribution in [2.24, 2.45) is 0 Å². The maximum atomic E-state index is 5.81. The van der Waals surface area contributed by atoms with Gasteiger partial charge in [0, 0.05) is 43.0 Å². The SMILES string of the molecule is c1cncc(C2CN(Cc3cscn3)CCO2)c1. The zero-order valence-corrected chi connectivity index (χ0v) is 10.8. The molecule has 1 aliphatic heterocycles. The summed E-state index contributed by atoms with van der Waals surface area (Å²) in [5, 5.41) is 2.11. The number of thiazole rings is 1. The van der Waals surface area contributed by atoms with E-state index in [1.165, 1.54) is 0 Å². The fourth-order valence-electron chi connectivity index (χ4n) is 2.16. The van der Waals surface area contributed by atoms with Gasteiger partial charge in [0.25, 0.3) is 0 Å². The van der Waals surface area contributed by atoms with Gasteiger partial charge in [-0.15, -0.1) is 11.3 Å². The van der Waals surface area contributed by atoms with Gasteiger partial charge in [-0.3, -0.25) is 9.88 Å². The molecule has 2 aromatic rings. The van der Waals surface area contributed by atoms with Crippen LogP contribution >= 0.6 is 11.3 Å². The van der Waals surface area contributed by atoms with Crippen molar-refractivity contribution in [3.8, 4) is 0 Å². The zero-order valence-electron chi connectivity index (χ0n) is 10.0. The summed E-state index contributed by atoms with van der Waals surface area (Å²) in [6.45, 7) is 3.55. The molecule has 0 amide bonds. The summed E-state index contributed by atoms with van der Waals surface area (Å²) in [6.07, 6.45) is 3.81. The van der Waals surface area contributed by atoms with Crippen molar-refractivity contribution < 1.29 is 4.74 Å². The Morgan fingerprint density at radius 1 is 1.50 bits per heavy atom. The Morgan fingerprint density at radius 2 is 2.50 bits per heavy atom. The van der Waals surface area contributed by atoms with E-state index in [1.807, 2.05) is 17.8 Å². The van der Waals surface area contributed by atoms with Gasteiger partial charge in [0.15, 0.2) is 0 Å². The first kappa shape index (κ1) is 11.8. The van der Waals surface area contributed by atoms with Crippen molar-refractivity contribution >= 4 is 11.3 Å². The highest BCUT2D eigenvalue weighted by Gasteiger charge is 2.22. The highest BCUT2D eigenvalue weighted by molar-refractivity contribution is 7.07. The van der Waals surface area contributed by atoms with Gasteiger partial charge in [-0.2, -0.15) is 0 Å². The maximum Gasteiger partial charge on any atom is 0.0967 e. The minimum atomic E-state index is 0.131. The molecule has 5 heteroatoms. The summed E-state index contributed by atoms with van der Waals surface area (Å²) in [7, 11) is 0. The molecule has 1 saturated heterocycles. The van der Waals surface area contributed by atoms with E-state index in [2.05, 4.69) is 26.3 Å². The number of nitrogens with zero attached hydrogens (tertiary/aromatic N) is 3. The molecular weight excluding hydrogens is 246 g/mol. The van der Waals surface area contributed by atoms with Crippen LogP contribution in [0, 0.1) is 0 Å². The normalized spacial score (nSPS) is 21.0. The predicted molar refractivity (Wildman–Crippen MR) is 70.3 cm³/mol. The molecule has 3 rings (SSSR count). The van der Waals surface area contributed by atoms with Crippen molar-refractivity contribution in [1.82, 2.24) is 14.9 Å². The molecule has 0 aromatic carbocycles. The molecular formula is C13H15N3OS. The van der Waals surface area contributed by atoms with E-state index in [1.54, 1.807) is 17.5 Å². The Balaban J connectivity index is 1.65. The second kappa shape index (κ2) is 5.56. The van der Waals surface area contributed by atoms with Gasteiger partial charge in [-0.25, -0.2) is 4.98 Å². The van der Waals surface area contributed by atoms with Crippen molar-refractivity contribution in [2.75, 3.05) is 19.7 Å². The van der Waals surface area contributed by atoms with E-state index in [4.69, 9.17) is 4.74 Å². The van der Waals surface area contributed by atoms with E-state index >= 15 is 0 Å². The van der Waals surface area contributed by atoms with Crippen molar-refractivity contribution in [3.05, 3.63) is 46.7 Å². The lowest BCUT2D eigenvalue weighted by Gasteiger charge is -2.32. The van der Waals surface area contributed by atoms with Gasteiger partial charge in [-0.05, 0) is 6.07 Å². The smallest absolute Gasteiger partial charge is 0.0967 e. The van der Waals surface area contributed by atoms with Gasteiger partial charge in [0.2, 0.25) is 0 Å². The number of morpholine rings is 1. The lowest BCUT2D eigenvalue weighted by Crippen LogP contribution is -2.37. The molecule has 0 spiro atoms. The van der Waals surface area contributed by atoms with E-state index in [0.29, 0.717) is 0 Å². The topological polar surface area (TPSA) is 38.2 Å². The molecule has 0 N–H and O–H groups in total. The Kier molecular flexibility index (Phi) is 3.64. The number of ether oxygens (including phenoxy) is 1. The molecule has 0 saturated carbocycles. The summed E-state index contributed by atoms with van der Waals surface area (Å²) < 4.78 is 5.81. The summed E-state index contributed by atoms with van der Waals surface area (Å²) >= 11 is 1.65. The molecule has 0 radical (unpaired) electrons. The predicted octanol–water partition coefficient (Wildman–Crippen LogP) is 2.11. The minimum absolute atomic E-state index is 0.131. The largest absolute Gasteiger partial charge is 0.371 e. The third-order valence-electron chi connectivity index (χ3n) is 3.08. The Labute approximate surface area is 110 Å². The van der Waals surface area contributed by atoms with Crippen LogP contribution in [0.4, 0.5) is 0 Å². The summed E-state index contributed by atoms with van der Waals surface area (Å²) in [6, 6.07) is 4.03. The van der Waals surface area contributed by atoms with Crippen molar-refractivity contribution in [1.29, 1.82) is 0 Å². The molecule has 18 heavy (non-hydrogen) atoms. The lowest BCUT2D eigenvalue weighted by atomic mass is 10.1. The second-order valence-electron chi connectivity index (χ2n) is 4.36. The first-order valence-electron chi connectivity index (χ1n) is 6.03. The van der Waals surface area contributed by atoms with Crippen LogP contribution in [-0.4, -0.2) is 34.6 Å². The van der Waals surface area contributed by atoms with Crippen LogP contribution in [0.2, 0.25) is 0 Å². The van der Waals surface area contributed by atoms with Crippen LogP contribution in [0.1, 0.15) is 17.4 Å². The molecule has 0 aliphatic carbocycles. The molecule has 1 unspecified atom stereocenters. The van der Waals surface area contributed by atoms with E-state index in [-0.39, 0.29) is 6.10 Å². The Bertz CT molecular complexity index is 474. The van der Waals surface area contributed by atoms with Crippen molar-refractivity contribution in [2.45, 2.75) is 12.6 Å². The van der Waals surface area contributed by atoms with E-state index in [9.17, 15) is 0 Å². The Morgan fingerprint density at radius 3 is 3.28 bits per heavy atom. The second-order valence-corrected chi connectivity index (χ2v) is 5.08. The third-order valence-corrected chi connectivity index (χ3v) is 3.71. The van der Waals surface area contributed by atoms with Crippen LogP contribution < -0.4 is 0 Å². The molecule has 2 aromatic heterocycles. The highest BCUT2D eigenvalue weighted by Crippen LogP contribution is 2.22. The quantitative estimate of drug-likeness (QED) is 0.848. The first-order valence-corrected chi connectivity index (χ1v) is 6.97. The average Bonchev–Trinajstić information content (AvgIpc) is 2.93. The summed E-state index contributed by atoms with van der Waals surface area (Å²) in [5.74, 6) is 0. The monoisotopic (exact) mass is 261 g/mol. The number of pyridine rings is 1. The van der Waals surface area contributed by atoms with Gasteiger partial charge in [0.05, 0.1) is 23.9 Å². The number of aromatic nitrogens is 2. The lowest BCUT2D eigenvalue weighted by molar-refractivity contribution is -0.0333. The number of hydrogen-bond donors (Lipinski definition) is 0. The molecule has 4 nitrogen and oxygen atoms in total. The minimum Gasteiger partial charge on any atom is -0.371 e. The van der Waals surface area contributed by atoms with Gasteiger partial charge >= 0.3 is 0 Å². The van der Waals surface area contributed by atoms with Crippen LogP contribution in [-0.2, 0) is 11.3 Å². The molecule has 94 valence electrons. The van der Waals surface area contributed by atoms with Gasteiger partial charge in [0.1, 0.15) is 0 Å². The Hall–Kier alpha value is -1.30. The van der Waals surface area contributed by atoms with Gasteiger partial charge < -0.3 is 4.74 Å². The van der Waals surface area contributed by atoms with E-state index in [0.717, 1.165) is 37.5 Å². The highest BCUT2D eigenvalue weighted by atomic mass is 32.1. The molecule has 3 heterocycles. The molecule has 1 fully saturated rings. The standard InChI is InChI=1S/C13H15N3OS/c1-2-11(6-14-3-1)13-8-16(4-5-17-13)7-12-9-18-10-15-12/h1-3,6,9-10,13H,4-5,7-8H2. The van der Waals surface area contributed by atoms with Crippen LogP contribution in [0.5, 0.6) is 0 Å².